The second kappa shape index (κ2) is 3.98. The molecule has 0 bridgehead atoms. The van der Waals surface area contributed by atoms with Crippen molar-refractivity contribution in [2.24, 2.45) is 0 Å². The first-order valence-electron chi connectivity index (χ1n) is 2.32. The van der Waals surface area contributed by atoms with Gasteiger partial charge in [-0.3, -0.25) is 4.52 Å². The molecule has 0 heterocycles. The van der Waals surface area contributed by atoms with Crippen LogP contribution in [0.15, 0.2) is 0 Å². The molecule has 0 aromatic heterocycles. The van der Waals surface area contributed by atoms with Gasteiger partial charge in [0.15, 0.2) is 0 Å². The first kappa shape index (κ1) is 9.07. The Labute approximate surface area is 53.1 Å². The van der Waals surface area contributed by atoms with Gasteiger partial charge in [0.25, 0.3) is 0 Å². The minimum absolute atomic E-state index is 0.108. The zero-order chi connectivity index (χ0) is 7.33. The second-order valence-corrected chi connectivity index (χ2v) is 2.47. The van der Waals surface area contributed by atoms with Crippen LogP contribution in [-0.2, 0) is 18.7 Å². The predicted octanol–water partition coefficient (Wildman–Crippen LogP) is 0.701. The summed E-state index contributed by atoms with van der Waals surface area (Å²) in [7, 11) is -2.79. The average Bonchev–Trinajstić information content (AvgIpc) is 1.64. The molecule has 0 aromatic carbocycles. The van der Waals surface area contributed by atoms with E-state index in [0.717, 1.165) is 7.11 Å². The Morgan fingerprint density at radius 2 is 2.22 bits per heavy atom. The van der Waals surface area contributed by atoms with Crippen molar-refractivity contribution in [3.05, 3.63) is 0 Å². The van der Waals surface area contributed by atoms with Gasteiger partial charge in [0.2, 0.25) is 0 Å². The fraction of sp³-hybridized carbons (Fsp3) is 1.00. The van der Waals surface area contributed by atoms with Crippen LogP contribution >= 0.6 is 7.82 Å². The average molecular weight is 156 g/mol. The molecule has 1 atom stereocenters. The molecule has 9 heavy (non-hydrogen) atoms. The van der Waals surface area contributed by atoms with E-state index < -0.39 is 7.82 Å². The summed E-state index contributed by atoms with van der Waals surface area (Å²) in [5.74, 6) is 0. The largest absolute Gasteiger partial charge is 0.499 e. The van der Waals surface area contributed by atoms with Gasteiger partial charge >= 0.3 is 7.82 Å². The highest BCUT2D eigenvalue weighted by Crippen LogP contribution is 2.42. The first-order chi connectivity index (χ1) is 4.12. The van der Waals surface area contributed by atoms with E-state index in [0.29, 0.717) is 0 Å². The van der Waals surface area contributed by atoms with E-state index in [1.165, 1.54) is 0 Å². The summed E-state index contributed by atoms with van der Waals surface area (Å²) in [5.41, 5.74) is 0. The van der Waals surface area contributed by atoms with Gasteiger partial charge in [-0.15, -0.1) is 4.67 Å². The minimum Gasteiger partial charge on any atom is -0.301 e. The SMILES string of the molecule is CCOP(=O)(O)OOC. The van der Waals surface area contributed by atoms with Gasteiger partial charge < -0.3 is 4.89 Å². The van der Waals surface area contributed by atoms with Gasteiger partial charge in [0.1, 0.15) is 0 Å². The molecule has 0 aliphatic rings. The molecule has 0 aliphatic carbocycles. The Morgan fingerprint density at radius 3 is 2.56 bits per heavy atom. The molecule has 5 nitrogen and oxygen atoms in total. The molecule has 1 unspecified atom stereocenters. The molecule has 6 heteroatoms. The van der Waals surface area contributed by atoms with Crippen LogP contribution in [0, 0.1) is 0 Å². The lowest BCUT2D eigenvalue weighted by atomic mass is 10.9. The van der Waals surface area contributed by atoms with Crippen LogP contribution in [-0.4, -0.2) is 18.6 Å². The van der Waals surface area contributed by atoms with Gasteiger partial charge in [-0.2, -0.15) is 0 Å². The van der Waals surface area contributed by atoms with Crippen molar-refractivity contribution < 1.29 is 23.5 Å². The van der Waals surface area contributed by atoms with Crippen molar-refractivity contribution >= 4 is 7.82 Å². The minimum atomic E-state index is -3.91. The van der Waals surface area contributed by atoms with Crippen LogP contribution in [0.4, 0.5) is 0 Å². The molecule has 1 N–H and O–H groups in total. The van der Waals surface area contributed by atoms with Crippen LogP contribution in [0.5, 0.6) is 0 Å². The lowest BCUT2D eigenvalue weighted by molar-refractivity contribution is -0.198. The zero-order valence-corrected chi connectivity index (χ0v) is 6.13. The number of rotatable bonds is 4. The standard InChI is InChI=1S/C3H9O5P/c1-3-7-9(4,5)8-6-2/h3H2,1-2H3,(H,4,5). The molecule has 0 rings (SSSR count). The molecule has 0 amide bonds. The molecular weight excluding hydrogens is 147 g/mol. The van der Waals surface area contributed by atoms with E-state index in [2.05, 4.69) is 14.1 Å². The first-order valence-corrected chi connectivity index (χ1v) is 3.81. The molecule has 0 spiro atoms. The highest BCUT2D eigenvalue weighted by atomic mass is 31.2. The summed E-state index contributed by atoms with van der Waals surface area (Å²) in [4.78, 5) is 12.4. The molecule has 0 saturated heterocycles. The monoisotopic (exact) mass is 156 g/mol. The number of hydrogen-bond acceptors (Lipinski definition) is 4. The summed E-state index contributed by atoms with van der Waals surface area (Å²) < 4.78 is 18.5. The Bertz CT molecular complexity index is 103. The Hall–Kier alpha value is 0.0700. The van der Waals surface area contributed by atoms with Crippen molar-refractivity contribution in [1.29, 1.82) is 0 Å². The molecule has 56 valence electrons. The molecular formula is C3H9O5P. The zero-order valence-electron chi connectivity index (χ0n) is 5.23. The maximum absolute atomic E-state index is 10.4. The molecule has 0 saturated carbocycles. The maximum Gasteiger partial charge on any atom is 0.499 e. The van der Waals surface area contributed by atoms with Gasteiger partial charge in [-0.05, 0) is 6.92 Å². The van der Waals surface area contributed by atoms with Crippen molar-refractivity contribution in [3.8, 4) is 0 Å². The van der Waals surface area contributed by atoms with Gasteiger partial charge in [-0.25, -0.2) is 9.45 Å². The third kappa shape index (κ3) is 4.57. The highest BCUT2D eigenvalue weighted by molar-refractivity contribution is 7.47. The fourth-order valence-corrected chi connectivity index (χ4v) is 0.837. The third-order valence-electron chi connectivity index (χ3n) is 0.461. The quantitative estimate of drug-likeness (QED) is 0.368. The van der Waals surface area contributed by atoms with Crippen molar-refractivity contribution in [2.75, 3.05) is 13.7 Å². The van der Waals surface area contributed by atoms with Crippen molar-refractivity contribution in [1.82, 2.24) is 0 Å². The summed E-state index contributed by atoms with van der Waals surface area (Å²) in [6, 6.07) is 0. The summed E-state index contributed by atoms with van der Waals surface area (Å²) in [6.45, 7) is 1.68. The Balaban J connectivity index is 3.58. The fourth-order valence-electron chi connectivity index (χ4n) is 0.279. The van der Waals surface area contributed by atoms with E-state index in [-0.39, 0.29) is 6.61 Å². The van der Waals surface area contributed by atoms with Crippen LogP contribution in [0.1, 0.15) is 6.92 Å². The smallest absolute Gasteiger partial charge is 0.301 e. The number of phosphoric ester groups is 1. The van der Waals surface area contributed by atoms with Crippen molar-refractivity contribution in [3.63, 3.8) is 0 Å². The molecule has 0 aliphatic heterocycles. The van der Waals surface area contributed by atoms with Crippen LogP contribution in [0.25, 0.3) is 0 Å². The highest BCUT2D eigenvalue weighted by Gasteiger charge is 2.19. The summed E-state index contributed by atoms with van der Waals surface area (Å²) in [5, 5.41) is 0. The van der Waals surface area contributed by atoms with Crippen LogP contribution in [0.2, 0.25) is 0 Å². The lowest BCUT2D eigenvalue weighted by Gasteiger charge is -2.05. The topological polar surface area (TPSA) is 65.0 Å². The maximum atomic E-state index is 10.4. The van der Waals surface area contributed by atoms with Gasteiger partial charge in [-0.1, -0.05) is 0 Å². The van der Waals surface area contributed by atoms with Crippen LogP contribution in [0.3, 0.4) is 0 Å². The second-order valence-electron chi connectivity index (χ2n) is 1.13. The summed E-state index contributed by atoms with van der Waals surface area (Å²) in [6.07, 6.45) is 0. The third-order valence-corrected chi connectivity index (χ3v) is 1.38. The van der Waals surface area contributed by atoms with Gasteiger partial charge in [0.05, 0.1) is 13.7 Å². The van der Waals surface area contributed by atoms with Crippen LogP contribution < -0.4 is 0 Å². The molecule has 0 aromatic rings. The predicted molar refractivity (Wildman–Crippen MR) is 29.5 cm³/mol. The molecule has 0 radical (unpaired) electrons. The number of phosphoric acid groups is 1. The van der Waals surface area contributed by atoms with E-state index in [1.807, 2.05) is 0 Å². The van der Waals surface area contributed by atoms with Crippen molar-refractivity contribution in [2.45, 2.75) is 6.92 Å². The lowest BCUT2D eigenvalue weighted by Crippen LogP contribution is -1.92. The van der Waals surface area contributed by atoms with E-state index in [4.69, 9.17) is 4.89 Å². The van der Waals surface area contributed by atoms with E-state index in [9.17, 15) is 4.57 Å². The Morgan fingerprint density at radius 1 is 1.67 bits per heavy atom. The Kier molecular flexibility index (Phi) is 4.01. The van der Waals surface area contributed by atoms with E-state index >= 15 is 0 Å². The summed E-state index contributed by atoms with van der Waals surface area (Å²) >= 11 is 0. The molecule has 0 fully saturated rings. The van der Waals surface area contributed by atoms with Gasteiger partial charge in [0, 0.05) is 0 Å². The number of hydrogen-bond donors (Lipinski definition) is 1. The van der Waals surface area contributed by atoms with E-state index in [1.54, 1.807) is 6.92 Å². The normalized spacial score (nSPS) is 17.2.